The molecular weight excluding hydrogens is 326 g/mol. The Hall–Kier alpha value is -2.63. The molecule has 26 heavy (non-hydrogen) atoms. The summed E-state index contributed by atoms with van der Waals surface area (Å²) in [6, 6.07) is 9.96. The van der Waals surface area contributed by atoms with E-state index in [4.69, 9.17) is 0 Å². The molecule has 0 radical (unpaired) electrons. The molecule has 1 N–H and O–H groups in total. The molecule has 0 unspecified atom stereocenters. The largest absolute Gasteiger partial charge is 0.353 e. The van der Waals surface area contributed by atoms with Crippen LogP contribution in [0.4, 0.5) is 11.6 Å². The van der Waals surface area contributed by atoms with Crippen LogP contribution in [0, 0.1) is 5.41 Å². The van der Waals surface area contributed by atoms with E-state index in [2.05, 4.69) is 25.1 Å². The molecule has 0 atom stereocenters. The van der Waals surface area contributed by atoms with E-state index in [0.29, 0.717) is 6.54 Å². The van der Waals surface area contributed by atoms with E-state index in [1.807, 2.05) is 63.5 Å². The van der Waals surface area contributed by atoms with Gasteiger partial charge in [0.05, 0.1) is 0 Å². The highest BCUT2D eigenvalue weighted by molar-refractivity contribution is 5.81. The van der Waals surface area contributed by atoms with Crippen molar-refractivity contribution >= 4 is 17.5 Å². The van der Waals surface area contributed by atoms with Gasteiger partial charge in [0.25, 0.3) is 0 Å². The summed E-state index contributed by atoms with van der Waals surface area (Å²) in [6.07, 6.45) is 3.64. The van der Waals surface area contributed by atoms with Gasteiger partial charge in [-0.3, -0.25) is 4.79 Å². The normalized spacial score (nSPS) is 15.0. The lowest BCUT2D eigenvalue weighted by atomic mass is 9.95. The Morgan fingerprint density at radius 3 is 2.35 bits per heavy atom. The van der Waals surface area contributed by atoms with Crippen molar-refractivity contribution in [1.29, 1.82) is 0 Å². The molecule has 0 bridgehead atoms. The second-order valence-electron chi connectivity index (χ2n) is 7.58. The molecule has 138 valence electrons. The minimum atomic E-state index is -0.392. The van der Waals surface area contributed by atoms with Gasteiger partial charge in [0.15, 0.2) is 0 Å². The maximum Gasteiger partial charge on any atom is 0.225 e. The maximum atomic E-state index is 12.2. The summed E-state index contributed by atoms with van der Waals surface area (Å²) >= 11 is 0. The summed E-state index contributed by atoms with van der Waals surface area (Å²) in [5.41, 5.74) is 0.660. The van der Waals surface area contributed by atoms with Crippen molar-refractivity contribution in [3.05, 3.63) is 48.3 Å². The number of aromatic nitrogens is 2. The minimum Gasteiger partial charge on any atom is -0.353 e. The zero-order valence-electron chi connectivity index (χ0n) is 15.8. The molecule has 0 aliphatic carbocycles. The molecule has 0 saturated carbocycles. The van der Waals surface area contributed by atoms with Gasteiger partial charge in [-0.1, -0.05) is 32.9 Å². The number of nitrogens with zero attached hydrogens (tertiary/aromatic N) is 4. The quantitative estimate of drug-likeness (QED) is 0.915. The van der Waals surface area contributed by atoms with Gasteiger partial charge in [-0.05, 0) is 18.2 Å². The Balaban J connectivity index is 1.64. The van der Waals surface area contributed by atoms with Gasteiger partial charge >= 0.3 is 0 Å². The lowest BCUT2D eigenvalue weighted by Crippen LogP contribution is -2.47. The van der Waals surface area contributed by atoms with E-state index in [0.717, 1.165) is 43.4 Å². The molecule has 3 rings (SSSR count). The monoisotopic (exact) mass is 353 g/mol. The highest BCUT2D eigenvalue weighted by atomic mass is 16.2. The number of anilines is 2. The molecule has 2 aromatic heterocycles. The fourth-order valence-electron chi connectivity index (χ4n) is 2.98. The lowest BCUT2D eigenvalue weighted by molar-refractivity contribution is -0.128. The van der Waals surface area contributed by atoms with Gasteiger partial charge in [-0.15, -0.1) is 0 Å². The van der Waals surface area contributed by atoms with Gasteiger partial charge in [0, 0.05) is 56.1 Å². The van der Waals surface area contributed by atoms with Gasteiger partial charge in [0.1, 0.15) is 11.6 Å². The summed E-state index contributed by atoms with van der Waals surface area (Å²) in [7, 11) is 0. The number of nitrogens with one attached hydrogen (secondary N) is 1. The third-order valence-electron chi connectivity index (χ3n) is 4.54. The Labute approximate surface area is 155 Å². The zero-order chi connectivity index (χ0) is 18.6. The second-order valence-corrected chi connectivity index (χ2v) is 7.58. The standard InChI is InChI=1S/C20H27N5O/c1-20(2,3)19(26)23-15-16-7-6-10-22-18(16)25-13-11-24(12-14-25)17-8-4-5-9-21-17/h4-10H,11-15H2,1-3H3,(H,23,26). The number of hydrogen-bond acceptors (Lipinski definition) is 5. The Kier molecular flexibility index (Phi) is 5.40. The van der Waals surface area contributed by atoms with Gasteiger partial charge in [-0.2, -0.15) is 0 Å². The number of amides is 1. The van der Waals surface area contributed by atoms with Gasteiger partial charge in [-0.25, -0.2) is 9.97 Å². The van der Waals surface area contributed by atoms with Gasteiger partial charge < -0.3 is 15.1 Å². The Bertz CT molecular complexity index is 733. The molecular formula is C20H27N5O. The first kappa shape index (κ1) is 18.2. The van der Waals surface area contributed by atoms with E-state index in [-0.39, 0.29) is 5.91 Å². The zero-order valence-corrected chi connectivity index (χ0v) is 15.8. The summed E-state index contributed by atoms with van der Waals surface area (Å²) in [4.78, 5) is 25.8. The molecule has 0 aromatic carbocycles. The van der Waals surface area contributed by atoms with Crippen molar-refractivity contribution in [2.24, 2.45) is 5.41 Å². The average molecular weight is 353 g/mol. The SMILES string of the molecule is CC(C)(C)C(=O)NCc1cccnc1N1CCN(c2ccccn2)CC1. The number of carbonyl (C=O) groups is 1. The van der Waals surface area contributed by atoms with Crippen LogP contribution in [0.3, 0.4) is 0 Å². The van der Waals surface area contributed by atoms with Crippen LogP contribution in [0.2, 0.25) is 0 Å². The predicted octanol–water partition coefficient (Wildman–Crippen LogP) is 2.47. The first-order chi connectivity index (χ1) is 12.4. The van der Waals surface area contributed by atoms with Crippen molar-refractivity contribution < 1.29 is 4.79 Å². The van der Waals surface area contributed by atoms with E-state index >= 15 is 0 Å². The summed E-state index contributed by atoms with van der Waals surface area (Å²) in [5.74, 6) is 2.03. The molecule has 1 aliphatic heterocycles. The van der Waals surface area contributed by atoms with Crippen LogP contribution in [0.5, 0.6) is 0 Å². The van der Waals surface area contributed by atoms with Crippen LogP contribution >= 0.6 is 0 Å². The van der Waals surface area contributed by atoms with Crippen LogP contribution < -0.4 is 15.1 Å². The number of carbonyl (C=O) groups excluding carboxylic acids is 1. The first-order valence-corrected chi connectivity index (χ1v) is 9.08. The molecule has 1 aliphatic rings. The van der Waals surface area contributed by atoms with Crippen molar-refractivity contribution in [2.45, 2.75) is 27.3 Å². The lowest BCUT2D eigenvalue weighted by Gasteiger charge is -2.36. The van der Waals surface area contributed by atoms with Crippen LogP contribution in [0.15, 0.2) is 42.7 Å². The highest BCUT2D eigenvalue weighted by Crippen LogP contribution is 2.21. The molecule has 6 heteroatoms. The van der Waals surface area contributed by atoms with E-state index in [1.165, 1.54) is 0 Å². The number of pyridine rings is 2. The van der Waals surface area contributed by atoms with Crippen molar-refractivity contribution in [3.63, 3.8) is 0 Å². The second kappa shape index (κ2) is 7.72. The molecule has 2 aromatic rings. The van der Waals surface area contributed by atoms with Crippen molar-refractivity contribution in [2.75, 3.05) is 36.0 Å². The van der Waals surface area contributed by atoms with Crippen molar-refractivity contribution in [1.82, 2.24) is 15.3 Å². The van der Waals surface area contributed by atoms with Crippen LogP contribution in [0.25, 0.3) is 0 Å². The average Bonchev–Trinajstić information content (AvgIpc) is 2.66. The molecule has 6 nitrogen and oxygen atoms in total. The summed E-state index contributed by atoms with van der Waals surface area (Å²) in [6.45, 7) is 9.83. The van der Waals surface area contributed by atoms with E-state index in [1.54, 1.807) is 0 Å². The topological polar surface area (TPSA) is 61.4 Å². The molecule has 1 fully saturated rings. The number of piperazine rings is 1. The van der Waals surface area contributed by atoms with Crippen molar-refractivity contribution in [3.8, 4) is 0 Å². The summed E-state index contributed by atoms with van der Waals surface area (Å²) < 4.78 is 0. The molecule has 0 spiro atoms. The van der Waals surface area contributed by atoms with Crippen LogP contribution in [-0.4, -0.2) is 42.1 Å². The minimum absolute atomic E-state index is 0.0484. The third kappa shape index (κ3) is 4.31. The van der Waals surface area contributed by atoms with E-state index in [9.17, 15) is 4.79 Å². The Morgan fingerprint density at radius 1 is 1.00 bits per heavy atom. The van der Waals surface area contributed by atoms with Gasteiger partial charge in [0.2, 0.25) is 5.91 Å². The maximum absolute atomic E-state index is 12.2. The molecule has 3 heterocycles. The predicted molar refractivity (Wildman–Crippen MR) is 104 cm³/mol. The number of rotatable bonds is 4. The fourth-order valence-corrected chi connectivity index (χ4v) is 2.98. The first-order valence-electron chi connectivity index (χ1n) is 9.08. The summed E-state index contributed by atoms with van der Waals surface area (Å²) in [5, 5.41) is 3.03. The smallest absolute Gasteiger partial charge is 0.225 e. The van der Waals surface area contributed by atoms with E-state index < -0.39 is 5.41 Å². The molecule has 1 saturated heterocycles. The molecule has 1 amide bonds. The van der Waals surface area contributed by atoms with Crippen LogP contribution in [0.1, 0.15) is 26.3 Å². The third-order valence-corrected chi connectivity index (χ3v) is 4.54. The number of hydrogen-bond donors (Lipinski definition) is 1. The highest BCUT2D eigenvalue weighted by Gasteiger charge is 2.23. The Morgan fingerprint density at radius 2 is 1.69 bits per heavy atom. The van der Waals surface area contributed by atoms with Crippen LogP contribution in [-0.2, 0) is 11.3 Å². The fraction of sp³-hybridized carbons (Fsp3) is 0.450.